The van der Waals surface area contributed by atoms with Crippen LogP contribution in [0, 0.1) is 0 Å². The van der Waals surface area contributed by atoms with E-state index in [2.05, 4.69) is 39.1 Å². The number of piperidine rings is 1. The van der Waals surface area contributed by atoms with Crippen molar-refractivity contribution in [1.29, 1.82) is 0 Å². The predicted octanol–water partition coefficient (Wildman–Crippen LogP) is 4.16. The molecule has 0 radical (unpaired) electrons. The number of likely N-dealkylation sites (tertiary alicyclic amines) is 1. The lowest BCUT2D eigenvalue weighted by Gasteiger charge is -2.34. The lowest BCUT2D eigenvalue weighted by molar-refractivity contribution is 0.00578. The molecule has 1 amide bonds. The number of thiophene rings is 1. The second-order valence-corrected chi connectivity index (χ2v) is 10.6. The second-order valence-electron chi connectivity index (χ2n) is 9.64. The van der Waals surface area contributed by atoms with E-state index >= 15 is 0 Å². The molecule has 0 bridgehead atoms. The van der Waals surface area contributed by atoms with Crippen molar-refractivity contribution in [3.8, 4) is 0 Å². The zero-order valence-electron chi connectivity index (χ0n) is 17.6. The summed E-state index contributed by atoms with van der Waals surface area (Å²) in [5.74, 6) is 0.332. The lowest BCUT2D eigenvalue weighted by Crippen LogP contribution is -2.42. The number of nitrogens with zero attached hydrogens (tertiary/aromatic N) is 1. The minimum Gasteiger partial charge on any atom is -0.444 e. The number of hydrogen-bond donors (Lipinski definition) is 0. The highest BCUT2D eigenvalue weighted by atomic mass is 32.1. The minimum atomic E-state index is -0.462. The third-order valence-electron chi connectivity index (χ3n) is 5.67. The van der Waals surface area contributed by atoms with Gasteiger partial charge in [0.05, 0.1) is 11.2 Å². The fourth-order valence-corrected chi connectivity index (χ4v) is 4.35. The highest BCUT2D eigenvalue weighted by Crippen LogP contribution is 2.37. The quantitative estimate of drug-likeness (QED) is 0.708. The molecule has 1 atom stereocenters. The summed E-state index contributed by atoms with van der Waals surface area (Å²) in [6.45, 7) is 15.5. The molecule has 2 aliphatic heterocycles. The maximum absolute atomic E-state index is 12.4. The van der Waals surface area contributed by atoms with Gasteiger partial charge in [0, 0.05) is 23.8 Å². The zero-order valence-corrected chi connectivity index (χ0v) is 18.4. The number of carbonyl (C=O) groups excluding carboxylic acids is 1. The Morgan fingerprint density at radius 1 is 1.26 bits per heavy atom. The van der Waals surface area contributed by atoms with Gasteiger partial charge >= 0.3 is 13.2 Å². The van der Waals surface area contributed by atoms with Crippen LogP contribution in [-0.4, -0.2) is 48.0 Å². The summed E-state index contributed by atoms with van der Waals surface area (Å²) in [6.07, 6.45) is 1.86. The fourth-order valence-electron chi connectivity index (χ4n) is 3.41. The van der Waals surface area contributed by atoms with Crippen LogP contribution < -0.4 is 4.78 Å². The number of ether oxygens (including phenoxy) is 1. The van der Waals surface area contributed by atoms with Crippen molar-refractivity contribution in [2.24, 2.45) is 0 Å². The number of carbonyl (C=O) groups is 1. The SMILES string of the molecule is CC(C)(C)OC(=O)N1CCCC(c2csc(B3OC(C)(C)C(C)(C)O3)c2)C1. The molecule has 3 rings (SSSR count). The van der Waals surface area contributed by atoms with Crippen LogP contribution in [-0.2, 0) is 14.0 Å². The summed E-state index contributed by atoms with van der Waals surface area (Å²) in [5.41, 5.74) is 0.134. The van der Waals surface area contributed by atoms with Crippen molar-refractivity contribution in [3.63, 3.8) is 0 Å². The van der Waals surface area contributed by atoms with Crippen LogP contribution in [0.3, 0.4) is 0 Å². The first-order valence-electron chi connectivity index (χ1n) is 9.80. The van der Waals surface area contributed by atoms with Crippen LogP contribution in [0.4, 0.5) is 4.79 Å². The summed E-state index contributed by atoms with van der Waals surface area (Å²) in [5, 5.41) is 2.18. The van der Waals surface area contributed by atoms with E-state index in [0.717, 1.165) is 24.2 Å². The van der Waals surface area contributed by atoms with Crippen LogP contribution in [0.25, 0.3) is 0 Å². The van der Waals surface area contributed by atoms with Gasteiger partial charge in [-0.25, -0.2) is 4.79 Å². The van der Waals surface area contributed by atoms with E-state index in [1.807, 2.05) is 25.7 Å². The normalized spacial score (nSPS) is 24.9. The van der Waals surface area contributed by atoms with Crippen molar-refractivity contribution in [2.75, 3.05) is 13.1 Å². The average Bonchev–Trinajstić information content (AvgIpc) is 3.09. The van der Waals surface area contributed by atoms with E-state index in [1.54, 1.807) is 11.3 Å². The number of rotatable bonds is 2. The van der Waals surface area contributed by atoms with Gasteiger partial charge in [0.25, 0.3) is 0 Å². The van der Waals surface area contributed by atoms with Gasteiger partial charge in [0.15, 0.2) is 0 Å². The molecule has 5 nitrogen and oxygen atoms in total. The molecule has 0 aromatic carbocycles. The molecule has 1 unspecified atom stereocenters. The van der Waals surface area contributed by atoms with E-state index < -0.39 is 5.60 Å². The van der Waals surface area contributed by atoms with Crippen molar-refractivity contribution in [3.05, 3.63) is 17.0 Å². The Labute approximate surface area is 167 Å². The Hall–Kier alpha value is -1.05. The third kappa shape index (κ3) is 4.52. The van der Waals surface area contributed by atoms with Crippen molar-refractivity contribution in [1.82, 2.24) is 4.90 Å². The van der Waals surface area contributed by atoms with E-state index in [4.69, 9.17) is 14.0 Å². The van der Waals surface area contributed by atoms with Gasteiger partial charge in [0.1, 0.15) is 5.60 Å². The maximum Gasteiger partial charge on any atom is 0.505 e. The molecule has 0 aliphatic carbocycles. The molecule has 2 saturated heterocycles. The fraction of sp³-hybridized carbons (Fsp3) is 0.750. The lowest BCUT2D eigenvalue weighted by atomic mass is 9.85. The largest absolute Gasteiger partial charge is 0.505 e. The van der Waals surface area contributed by atoms with Gasteiger partial charge < -0.3 is 18.9 Å². The smallest absolute Gasteiger partial charge is 0.444 e. The van der Waals surface area contributed by atoms with E-state index in [1.165, 1.54) is 5.56 Å². The van der Waals surface area contributed by atoms with Crippen molar-refractivity contribution >= 4 is 29.3 Å². The van der Waals surface area contributed by atoms with E-state index in [-0.39, 0.29) is 24.4 Å². The van der Waals surface area contributed by atoms with Gasteiger partial charge in [-0.2, -0.15) is 11.3 Å². The molecular weight excluding hydrogens is 361 g/mol. The van der Waals surface area contributed by atoms with Gasteiger partial charge in [-0.3, -0.25) is 0 Å². The van der Waals surface area contributed by atoms with Gasteiger partial charge in [0.2, 0.25) is 0 Å². The molecular formula is C20H32BNO4S. The zero-order chi connectivity index (χ0) is 20.0. The first kappa shape index (κ1) is 20.7. The molecule has 7 heteroatoms. The third-order valence-corrected chi connectivity index (χ3v) is 6.64. The summed E-state index contributed by atoms with van der Waals surface area (Å²) in [4.78, 5) is 14.3. The summed E-state index contributed by atoms with van der Waals surface area (Å²) < 4.78 is 19.0. The monoisotopic (exact) mass is 393 g/mol. The Kier molecular flexibility index (Phi) is 5.43. The second kappa shape index (κ2) is 7.09. The molecule has 0 spiro atoms. The summed E-state index contributed by atoms with van der Waals surface area (Å²) in [7, 11) is -0.320. The molecule has 150 valence electrons. The number of amides is 1. The van der Waals surface area contributed by atoms with Crippen LogP contribution in [0.2, 0.25) is 0 Å². The Balaban J connectivity index is 1.67. The van der Waals surface area contributed by atoms with Crippen LogP contribution in [0.5, 0.6) is 0 Å². The highest BCUT2D eigenvalue weighted by molar-refractivity contribution is 7.20. The topological polar surface area (TPSA) is 48.0 Å². The van der Waals surface area contributed by atoms with Gasteiger partial charge in [-0.05, 0) is 78.3 Å². The maximum atomic E-state index is 12.4. The van der Waals surface area contributed by atoms with Crippen LogP contribution in [0.15, 0.2) is 11.4 Å². The molecule has 2 fully saturated rings. The summed E-state index contributed by atoms with van der Waals surface area (Å²) in [6, 6.07) is 2.19. The van der Waals surface area contributed by atoms with Gasteiger partial charge in [-0.1, -0.05) is 0 Å². The van der Waals surface area contributed by atoms with E-state index in [0.29, 0.717) is 12.5 Å². The Bertz CT molecular complexity index is 678. The predicted molar refractivity (Wildman–Crippen MR) is 110 cm³/mol. The molecule has 0 saturated carbocycles. The molecule has 27 heavy (non-hydrogen) atoms. The highest BCUT2D eigenvalue weighted by Gasteiger charge is 2.52. The van der Waals surface area contributed by atoms with Crippen LogP contribution in [0.1, 0.15) is 72.8 Å². The first-order chi connectivity index (χ1) is 12.4. The Morgan fingerprint density at radius 3 is 2.48 bits per heavy atom. The Morgan fingerprint density at radius 2 is 1.89 bits per heavy atom. The standard InChI is InChI=1S/C20H32BNO4S/c1-18(2,3)24-17(23)22-10-8-9-14(12-22)15-11-16(27-13-15)21-25-19(4,5)20(6,7)26-21/h11,13-14H,8-10,12H2,1-7H3. The van der Waals surface area contributed by atoms with Crippen LogP contribution >= 0.6 is 11.3 Å². The van der Waals surface area contributed by atoms with Gasteiger partial charge in [-0.15, -0.1) is 0 Å². The molecule has 0 N–H and O–H groups in total. The summed E-state index contributed by atoms with van der Waals surface area (Å²) >= 11 is 1.68. The minimum absolute atomic E-state index is 0.214. The average molecular weight is 393 g/mol. The molecule has 2 aliphatic rings. The van der Waals surface area contributed by atoms with Crippen molar-refractivity contribution < 1.29 is 18.8 Å². The first-order valence-corrected chi connectivity index (χ1v) is 10.7. The molecule has 1 aromatic heterocycles. The molecule has 3 heterocycles. The molecule has 1 aromatic rings. The number of hydrogen-bond acceptors (Lipinski definition) is 5. The van der Waals surface area contributed by atoms with Crippen molar-refractivity contribution in [2.45, 2.75) is 84.0 Å². The van der Waals surface area contributed by atoms with E-state index in [9.17, 15) is 4.79 Å².